The third kappa shape index (κ3) is 6.81. The minimum absolute atomic E-state index is 0.0188. The fourth-order valence-electron chi connectivity index (χ4n) is 4.77. The summed E-state index contributed by atoms with van der Waals surface area (Å²) in [7, 11) is 2.16. The monoisotopic (exact) mass is 463 g/mol. The second kappa shape index (κ2) is 12.0. The van der Waals surface area contributed by atoms with Crippen molar-refractivity contribution in [1.82, 2.24) is 20.0 Å². The number of hydrogen-bond acceptors (Lipinski definition) is 4. The number of urea groups is 1. The molecule has 2 aromatic carbocycles. The average molecular weight is 464 g/mol. The Morgan fingerprint density at radius 2 is 1.76 bits per heavy atom. The summed E-state index contributed by atoms with van der Waals surface area (Å²) in [6.45, 7) is 7.57. The first-order valence-electron chi connectivity index (χ1n) is 12.5. The molecule has 0 radical (unpaired) electrons. The van der Waals surface area contributed by atoms with Crippen molar-refractivity contribution in [2.45, 2.75) is 25.2 Å². The van der Waals surface area contributed by atoms with Crippen LogP contribution in [-0.2, 0) is 0 Å². The molecule has 34 heavy (non-hydrogen) atoms. The first-order chi connectivity index (χ1) is 16.6. The van der Waals surface area contributed by atoms with Gasteiger partial charge in [-0.05, 0) is 62.7 Å². The molecule has 0 unspecified atom stereocenters. The predicted molar refractivity (Wildman–Crippen MR) is 136 cm³/mol. The second-order valence-corrected chi connectivity index (χ2v) is 9.46. The average Bonchev–Trinajstić information content (AvgIpc) is 2.88. The largest absolute Gasteiger partial charge is 0.352 e. The summed E-state index contributed by atoms with van der Waals surface area (Å²) < 4.78 is 0. The van der Waals surface area contributed by atoms with E-state index >= 15 is 0 Å². The summed E-state index contributed by atoms with van der Waals surface area (Å²) in [5, 5.41) is 6.07. The summed E-state index contributed by atoms with van der Waals surface area (Å²) in [4.78, 5) is 32.2. The van der Waals surface area contributed by atoms with E-state index in [1.165, 1.54) is 0 Å². The van der Waals surface area contributed by atoms with Crippen LogP contribution in [0, 0.1) is 0 Å². The molecule has 3 amide bonds. The molecule has 2 aromatic rings. The van der Waals surface area contributed by atoms with Gasteiger partial charge >= 0.3 is 6.03 Å². The van der Waals surface area contributed by atoms with Crippen LogP contribution >= 0.6 is 0 Å². The van der Waals surface area contributed by atoms with Crippen LogP contribution in [0.3, 0.4) is 0 Å². The molecule has 2 aliphatic rings. The van der Waals surface area contributed by atoms with Gasteiger partial charge in [-0.3, -0.25) is 4.79 Å². The maximum absolute atomic E-state index is 12.7. The van der Waals surface area contributed by atoms with Gasteiger partial charge in [-0.25, -0.2) is 4.79 Å². The van der Waals surface area contributed by atoms with E-state index in [1.807, 2.05) is 53.4 Å². The van der Waals surface area contributed by atoms with Gasteiger partial charge in [-0.1, -0.05) is 30.3 Å². The van der Waals surface area contributed by atoms with E-state index in [1.54, 1.807) is 0 Å². The van der Waals surface area contributed by atoms with Crippen molar-refractivity contribution in [3.63, 3.8) is 0 Å². The number of piperidine rings is 1. The Bertz CT molecular complexity index is 943. The van der Waals surface area contributed by atoms with Crippen LogP contribution < -0.4 is 10.6 Å². The number of carbonyl (C=O) groups excluding carboxylic acids is 2. The van der Waals surface area contributed by atoms with Gasteiger partial charge in [-0.2, -0.15) is 0 Å². The molecule has 0 saturated carbocycles. The molecule has 4 rings (SSSR count). The Hall–Kier alpha value is -2.90. The lowest BCUT2D eigenvalue weighted by atomic mass is 9.89. The van der Waals surface area contributed by atoms with E-state index in [4.69, 9.17) is 0 Å². The van der Waals surface area contributed by atoms with E-state index < -0.39 is 0 Å². The zero-order valence-electron chi connectivity index (χ0n) is 20.2. The summed E-state index contributed by atoms with van der Waals surface area (Å²) >= 11 is 0. The standard InChI is InChI=1S/C27H37N5O2/c1-30-16-18-31(19-17-30)14-7-13-28-26(33)23-9-5-8-22(20-23)24-10-6-15-32(21-24)27(34)29-25-11-3-2-4-12-25/h2-5,8-9,11-12,20,24H,6-7,10,13-19,21H2,1H3,(H,28,33)(H,29,34)/t24-/m0/s1. The van der Waals surface area contributed by atoms with Crippen molar-refractivity contribution in [2.75, 3.05) is 64.7 Å². The van der Waals surface area contributed by atoms with Crippen molar-refractivity contribution in [3.05, 3.63) is 65.7 Å². The van der Waals surface area contributed by atoms with Gasteiger partial charge < -0.3 is 25.3 Å². The minimum atomic E-state index is -0.0647. The number of amides is 3. The SMILES string of the molecule is CN1CCN(CCCNC(=O)c2cccc([C@H]3CCCN(C(=O)Nc4ccccc4)C3)c2)CC1. The van der Waals surface area contributed by atoms with Crippen molar-refractivity contribution in [1.29, 1.82) is 0 Å². The number of para-hydroxylation sites is 1. The van der Waals surface area contributed by atoms with Crippen LogP contribution in [0.5, 0.6) is 0 Å². The highest BCUT2D eigenvalue weighted by molar-refractivity contribution is 5.94. The number of carbonyl (C=O) groups is 2. The molecule has 0 aliphatic carbocycles. The smallest absolute Gasteiger partial charge is 0.321 e. The quantitative estimate of drug-likeness (QED) is 0.617. The van der Waals surface area contributed by atoms with Crippen molar-refractivity contribution < 1.29 is 9.59 Å². The summed E-state index contributed by atoms with van der Waals surface area (Å²) in [5.41, 5.74) is 2.63. The van der Waals surface area contributed by atoms with Crippen LogP contribution in [0.15, 0.2) is 54.6 Å². The van der Waals surface area contributed by atoms with Crippen LogP contribution in [0.1, 0.15) is 41.1 Å². The van der Waals surface area contributed by atoms with Crippen molar-refractivity contribution in [3.8, 4) is 0 Å². The summed E-state index contributed by atoms with van der Waals surface area (Å²) in [6, 6.07) is 17.4. The maximum atomic E-state index is 12.7. The molecular formula is C27H37N5O2. The highest BCUT2D eigenvalue weighted by Gasteiger charge is 2.25. The fraction of sp³-hybridized carbons (Fsp3) is 0.481. The number of benzene rings is 2. The van der Waals surface area contributed by atoms with E-state index in [9.17, 15) is 9.59 Å². The first-order valence-corrected chi connectivity index (χ1v) is 12.5. The van der Waals surface area contributed by atoms with Gasteiger partial charge in [0.1, 0.15) is 0 Å². The third-order valence-electron chi connectivity index (χ3n) is 6.89. The summed E-state index contributed by atoms with van der Waals surface area (Å²) in [5.74, 6) is 0.218. The lowest BCUT2D eigenvalue weighted by Gasteiger charge is -2.33. The van der Waals surface area contributed by atoms with Gasteiger partial charge in [0.15, 0.2) is 0 Å². The molecule has 7 heteroatoms. The van der Waals surface area contributed by atoms with Gasteiger partial charge in [0.25, 0.3) is 5.91 Å². The van der Waals surface area contributed by atoms with E-state index in [-0.39, 0.29) is 17.9 Å². The molecule has 2 fully saturated rings. The molecule has 182 valence electrons. The molecule has 7 nitrogen and oxygen atoms in total. The zero-order valence-corrected chi connectivity index (χ0v) is 20.2. The normalized spacial score (nSPS) is 19.6. The van der Waals surface area contributed by atoms with Crippen molar-refractivity contribution >= 4 is 17.6 Å². The molecule has 0 spiro atoms. The molecule has 1 atom stereocenters. The van der Waals surface area contributed by atoms with Gasteiger partial charge in [-0.15, -0.1) is 0 Å². The number of nitrogens with one attached hydrogen (secondary N) is 2. The molecular weight excluding hydrogens is 426 g/mol. The lowest BCUT2D eigenvalue weighted by Crippen LogP contribution is -2.45. The van der Waals surface area contributed by atoms with Crippen LogP contribution in [-0.4, -0.2) is 86.0 Å². The summed E-state index contributed by atoms with van der Waals surface area (Å²) in [6.07, 6.45) is 2.93. The Morgan fingerprint density at radius 3 is 2.56 bits per heavy atom. The molecule has 2 heterocycles. The van der Waals surface area contributed by atoms with Crippen molar-refractivity contribution in [2.24, 2.45) is 0 Å². The van der Waals surface area contributed by atoms with Crippen LogP contribution in [0.4, 0.5) is 10.5 Å². The number of nitrogens with zero attached hydrogens (tertiary/aromatic N) is 3. The highest BCUT2D eigenvalue weighted by Crippen LogP contribution is 2.28. The Labute approximate surface area is 203 Å². The Balaban J connectivity index is 1.26. The van der Waals surface area contributed by atoms with E-state index in [0.717, 1.165) is 69.8 Å². The topological polar surface area (TPSA) is 67.9 Å². The number of anilines is 1. The van der Waals surface area contributed by atoms with Gasteiger partial charge in [0, 0.05) is 63.0 Å². The van der Waals surface area contributed by atoms with Crippen LogP contribution in [0.25, 0.3) is 0 Å². The number of likely N-dealkylation sites (N-methyl/N-ethyl adjacent to an activating group) is 1. The molecule has 0 aromatic heterocycles. The highest BCUT2D eigenvalue weighted by atomic mass is 16.2. The van der Waals surface area contributed by atoms with Gasteiger partial charge in [0.2, 0.25) is 0 Å². The maximum Gasteiger partial charge on any atom is 0.321 e. The lowest BCUT2D eigenvalue weighted by molar-refractivity contribution is 0.0949. The minimum Gasteiger partial charge on any atom is -0.352 e. The van der Waals surface area contributed by atoms with Gasteiger partial charge in [0.05, 0.1) is 0 Å². The number of likely N-dealkylation sites (tertiary alicyclic amines) is 1. The Kier molecular flexibility index (Phi) is 8.55. The fourth-order valence-corrected chi connectivity index (χ4v) is 4.77. The molecule has 2 N–H and O–H groups in total. The molecule has 2 saturated heterocycles. The van der Waals surface area contributed by atoms with E-state index in [2.05, 4.69) is 33.5 Å². The number of piperazine rings is 1. The van der Waals surface area contributed by atoms with E-state index in [0.29, 0.717) is 18.7 Å². The number of hydrogen-bond donors (Lipinski definition) is 2. The molecule has 2 aliphatic heterocycles. The predicted octanol–water partition coefficient (Wildman–Crippen LogP) is 3.47. The Morgan fingerprint density at radius 1 is 0.971 bits per heavy atom. The first kappa shape index (κ1) is 24.2. The second-order valence-electron chi connectivity index (χ2n) is 9.46. The molecule has 0 bridgehead atoms. The third-order valence-corrected chi connectivity index (χ3v) is 6.89. The number of rotatable bonds is 7. The van der Waals surface area contributed by atoms with Crippen LogP contribution in [0.2, 0.25) is 0 Å². The zero-order chi connectivity index (χ0) is 23.8.